The lowest BCUT2D eigenvalue weighted by Gasteiger charge is -2.25. The molecule has 4 heterocycles. The smallest absolute Gasteiger partial charge is 0.390 e. The summed E-state index contributed by atoms with van der Waals surface area (Å²) in [5.74, 6) is -0.301. The molecule has 3 aromatic rings. The number of allylic oxidation sites excluding steroid dienone is 4. The van der Waals surface area contributed by atoms with E-state index < -0.39 is 90.8 Å². The average molecular weight is 1140 g/mol. The number of nitrogens with zero attached hydrogens (tertiary/aromatic N) is 3. The van der Waals surface area contributed by atoms with Gasteiger partial charge in [-0.15, -0.1) is 0 Å². The van der Waals surface area contributed by atoms with Crippen LogP contribution in [0.15, 0.2) is 92.0 Å². The molecule has 2 aromatic carbocycles. The number of rotatable bonds is 22. The van der Waals surface area contributed by atoms with Gasteiger partial charge in [0, 0.05) is 73.1 Å². The minimum Gasteiger partial charge on any atom is -0.390 e. The fourth-order valence-electron chi connectivity index (χ4n) is 8.96. The number of ether oxygens (including phenoxy) is 1. The van der Waals surface area contributed by atoms with Gasteiger partial charge in [-0.2, -0.15) is 30.0 Å². The average Bonchev–Trinajstić information content (AvgIpc) is 3.82. The van der Waals surface area contributed by atoms with Gasteiger partial charge < -0.3 is 39.6 Å². The lowest BCUT2D eigenvalue weighted by Crippen LogP contribution is -2.33. The van der Waals surface area contributed by atoms with Gasteiger partial charge in [0.05, 0.1) is 33.5 Å². The summed E-state index contributed by atoms with van der Waals surface area (Å²) in [4.78, 5) is 78.3. The molecule has 2 unspecified atom stereocenters. The van der Waals surface area contributed by atoms with Gasteiger partial charge in [0.1, 0.15) is 18.9 Å². The van der Waals surface area contributed by atoms with E-state index in [4.69, 9.17) is 14.5 Å². The summed E-state index contributed by atoms with van der Waals surface area (Å²) in [5, 5.41) is 13.2. The highest BCUT2D eigenvalue weighted by atomic mass is 32.2. The van der Waals surface area contributed by atoms with Crippen molar-refractivity contribution in [2.75, 3.05) is 31.1 Å². The number of likely N-dealkylation sites (N-methyl/N-ethyl adjacent to an activating group) is 1. The monoisotopic (exact) mass is 1140 g/mol. The molecule has 9 N–H and O–H groups in total. The predicted molar refractivity (Wildman–Crippen MR) is 265 cm³/mol. The second kappa shape index (κ2) is 22.2. The van der Waals surface area contributed by atoms with E-state index in [0.29, 0.717) is 37.9 Å². The normalized spacial score (nSPS) is 21.9. The fraction of sp³-hybridized carbons (Fsp3) is 0.442. The fourth-order valence-corrected chi connectivity index (χ4v) is 13.0. The van der Waals surface area contributed by atoms with Crippen molar-refractivity contribution in [1.82, 2.24) is 14.9 Å². The first-order valence-corrected chi connectivity index (χ1v) is 30.0. The number of anilines is 1. The Kier molecular flexibility index (Phi) is 17.6. The van der Waals surface area contributed by atoms with E-state index in [1.54, 1.807) is 12.1 Å². The van der Waals surface area contributed by atoms with Gasteiger partial charge in [-0.3, -0.25) is 32.8 Å². The molecule has 1 amide bonds. The number of carbonyl (C=O) groups excluding carboxylic acids is 1. The van der Waals surface area contributed by atoms with Gasteiger partial charge in [0.25, 0.3) is 25.8 Å². The summed E-state index contributed by atoms with van der Waals surface area (Å²) in [6, 6.07) is 8.94. The predicted octanol–water partition coefficient (Wildman–Crippen LogP) is 4.05. The van der Waals surface area contributed by atoms with Crippen LogP contribution in [0.4, 0.5) is 11.4 Å². The molecule has 1 saturated heterocycles. The Morgan fingerprint density at radius 2 is 1.55 bits per heavy atom. The molecule has 1 aromatic heterocycles. The number of phosphoric ester groups is 1. The SMILES string of the molecule is CCN1C(=CC=CC2=[N+](CCCCCC(=O)NC/C=C/c3cn([C@H]4C[C@H](O)[C@@H](COP(=O)(O)OP(=O)(O)OP(=O)(O)O)O4)c(=O)[nH]c3=O)c3ccc(S(=O)(=O)O)cc3C2(C)C)C(C)(C)c2cc(S(=O)(=O)O)ccc21. The van der Waals surface area contributed by atoms with Crippen molar-refractivity contribution >= 4 is 72.8 Å². The lowest BCUT2D eigenvalue weighted by atomic mass is 9.81. The van der Waals surface area contributed by atoms with E-state index in [2.05, 4.69) is 32.9 Å². The maximum absolute atomic E-state index is 12.8. The third kappa shape index (κ3) is 13.9. The Labute approximate surface area is 424 Å². The minimum atomic E-state index is -5.80. The third-order valence-electron chi connectivity index (χ3n) is 12.5. The summed E-state index contributed by atoms with van der Waals surface area (Å²) in [7, 11) is -25.9. The molecule has 5 atom stereocenters. The molecule has 31 heteroatoms. The van der Waals surface area contributed by atoms with Crippen molar-refractivity contribution in [1.29, 1.82) is 0 Å². The molecule has 0 bridgehead atoms. The molecule has 6 rings (SSSR count). The number of fused-ring (bicyclic) bond motifs is 2. The van der Waals surface area contributed by atoms with Crippen molar-refractivity contribution in [3.8, 4) is 0 Å². The van der Waals surface area contributed by atoms with Crippen LogP contribution in [0.2, 0.25) is 0 Å². The van der Waals surface area contributed by atoms with Crippen LogP contribution in [0, 0.1) is 0 Å². The molecule has 3 aliphatic rings. The Morgan fingerprint density at radius 1 is 0.905 bits per heavy atom. The Balaban J connectivity index is 1.06. The second-order valence-corrected chi connectivity index (χ2v) is 25.6. The van der Waals surface area contributed by atoms with Crippen LogP contribution >= 0.6 is 23.5 Å². The Hall–Kier alpha value is -4.57. The van der Waals surface area contributed by atoms with Crippen molar-refractivity contribution < 1.29 is 91.6 Å². The van der Waals surface area contributed by atoms with E-state index in [0.717, 1.165) is 39.1 Å². The van der Waals surface area contributed by atoms with Gasteiger partial charge >= 0.3 is 29.2 Å². The van der Waals surface area contributed by atoms with E-state index in [-0.39, 0.29) is 40.6 Å². The van der Waals surface area contributed by atoms with Gasteiger partial charge in [0.2, 0.25) is 11.6 Å². The van der Waals surface area contributed by atoms with Gasteiger partial charge in [-0.1, -0.05) is 32.1 Å². The Bertz CT molecular complexity index is 3330. The highest BCUT2D eigenvalue weighted by molar-refractivity contribution is 7.86. The van der Waals surface area contributed by atoms with Gasteiger partial charge in [-0.05, 0) is 75.6 Å². The number of aromatic nitrogens is 2. The van der Waals surface area contributed by atoms with Crippen molar-refractivity contribution in [3.63, 3.8) is 0 Å². The summed E-state index contributed by atoms with van der Waals surface area (Å²) in [6.07, 6.45) is 6.96. The van der Waals surface area contributed by atoms with Crippen LogP contribution in [0.25, 0.3) is 6.08 Å². The van der Waals surface area contributed by atoms with Crippen molar-refractivity contribution in [2.24, 2.45) is 0 Å². The van der Waals surface area contributed by atoms with Crippen LogP contribution < -0.4 is 21.5 Å². The number of hydrogen-bond donors (Lipinski definition) is 9. The molecule has 3 aliphatic heterocycles. The highest BCUT2D eigenvalue weighted by Crippen LogP contribution is 2.66. The van der Waals surface area contributed by atoms with Gasteiger partial charge in [0.15, 0.2) is 5.71 Å². The molecule has 0 radical (unpaired) electrons. The van der Waals surface area contributed by atoms with Crippen LogP contribution in [0.1, 0.15) is 89.6 Å². The number of nitrogens with one attached hydrogen (secondary N) is 2. The molecule has 1 fully saturated rings. The molecular formula is C43H57N5O21P3S2+. The van der Waals surface area contributed by atoms with Crippen LogP contribution in [-0.2, 0) is 67.4 Å². The zero-order valence-corrected chi connectivity index (χ0v) is 44.7. The number of aliphatic hydroxyl groups excluding tert-OH is 1. The van der Waals surface area contributed by atoms with Crippen LogP contribution in [-0.4, -0.2) is 115 Å². The molecule has 0 aliphatic carbocycles. The minimum absolute atomic E-state index is 0.0182. The molecule has 26 nitrogen and oxygen atoms in total. The zero-order valence-electron chi connectivity index (χ0n) is 40.4. The summed E-state index contributed by atoms with van der Waals surface area (Å²) < 4.78 is 123. The molecule has 0 saturated carbocycles. The number of benzene rings is 2. The highest BCUT2D eigenvalue weighted by Gasteiger charge is 2.46. The quantitative estimate of drug-likeness (QED) is 0.0296. The van der Waals surface area contributed by atoms with E-state index >= 15 is 0 Å². The number of hydrogen-bond acceptors (Lipinski definition) is 16. The first-order valence-electron chi connectivity index (χ1n) is 22.6. The lowest BCUT2D eigenvalue weighted by molar-refractivity contribution is -0.438. The third-order valence-corrected chi connectivity index (χ3v) is 18.0. The Morgan fingerprint density at radius 3 is 2.19 bits per heavy atom. The number of aliphatic hydroxyl groups is 1. The zero-order chi connectivity index (χ0) is 55.0. The van der Waals surface area contributed by atoms with Gasteiger partial charge in [-0.25, -0.2) is 18.5 Å². The molecule has 74 heavy (non-hydrogen) atoms. The first kappa shape index (κ1) is 58.7. The van der Waals surface area contributed by atoms with Crippen LogP contribution in [0.5, 0.6) is 0 Å². The number of H-pyrrole nitrogens is 1. The van der Waals surface area contributed by atoms with E-state index in [1.807, 2.05) is 52.8 Å². The summed E-state index contributed by atoms with van der Waals surface area (Å²) in [6.45, 7) is 9.79. The maximum Gasteiger partial charge on any atom is 0.490 e. The van der Waals surface area contributed by atoms with E-state index in [1.165, 1.54) is 36.4 Å². The molecule has 406 valence electrons. The summed E-state index contributed by atoms with van der Waals surface area (Å²) >= 11 is 0. The number of aromatic amines is 1. The molecule has 0 spiro atoms. The second-order valence-electron chi connectivity index (χ2n) is 18.3. The largest absolute Gasteiger partial charge is 0.490 e. The number of unbranched alkanes of at least 4 members (excludes halogenated alkanes) is 2. The molecular weight excluding hydrogens is 1080 g/mol. The van der Waals surface area contributed by atoms with Crippen molar-refractivity contribution in [2.45, 2.75) is 106 Å². The number of phosphoric acid groups is 3. The first-order chi connectivity index (χ1) is 34.1. The summed E-state index contributed by atoms with van der Waals surface area (Å²) in [5.41, 5.74) is 1.40. The maximum atomic E-state index is 12.8. The topological polar surface area (TPSA) is 388 Å². The van der Waals surface area contributed by atoms with Crippen molar-refractivity contribution in [3.05, 3.63) is 110 Å². The number of amides is 1. The standard InChI is InChI=1S/C43H56N5O21P3S2/c1-6-46-32-18-16-28(73(60,61)62)22-30(32)42(2,3)36(46)13-10-14-37-43(4,5)31-23-29(74(63,64)65)17-19-33(31)47(37)21-9-7-8-15-38(50)44-20-11-12-27-25-48(41(52)45-40(27)51)39-24-34(49)35(67-39)26-66-71(56,57)69-72(58,59)68-70(53,54)55/h10-14,16-19,22-23,25,34-35,39,49H,6-9,15,20-21,24,26H2,1-5H3,(H7-,44,45,50,51,52,53,54,55,56,57,58,59,60,61,62,63,64,65)/p+1/b12-11+/t34-,35+,39+/m0/s1. The number of carbonyl (C=O) groups is 1. The van der Waals surface area contributed by atoms with Crippen LogP contribution in [0.3, 0.4) is 0 Å². The van der Waals surface area contributed by atoms with E-state index in [9.17, 15) is 68.9 Å².